The van der Waals surface area contributed by atoms with Gasteiger partial charge in [-0.1, -0.05) is 44.2 Å². The number of aliphatic carboxylic acids is 1. The number of imidazole rings is 1. The van der Waals surface area contributed by atoms with E-state index in [4.69, 9.17) is 0 Å². The van der Waals surface area contributed by atoms with Gasteiger partial charge in [0.2, 0.25) is 0 Å². The molecule has 0 saturated heterocycles. The molecule has 0 radical (unpaired) electrons. The highest BCUT2D eigenvalue weighted by Gasteiger charge is 2.29. The summed E-state index contributed by atoms with van der Waals surface area (Å²) in [5, 5.41) is 9.57. The summed E-state index contributed by atoms with van der Waals surface area (Å²) in [5.74, 6) is -0.158. The number of nitrogens with one attached hydrogen (secondary N) is 1. The number of nitrogens with zero attached hydrogens (tertiary/aromatic N) is 2. The molecule has 1 aromatic carbocycles. The molecule has 1 aromatic heterocycles. The Hall–Kier alpha value is -2.14. The van der Waals surface area contributed by atoms with Gasteiger partial charge in [0.05, 0.1) is 5.69 Å². The van der Waals surface area contributed by atoms with Gasteiger partial charge in [-0.2, -0.15) is 0 Å². The van der Waals surface area contributed by atoms with Crippen LogP contribution in [0.1, 0.15) is 31.3 Å². The Bertz CT molecular complexity index is 603. The van der Waals surface area contributed by atoms with Crippen LogP contribution in [-0.2, 0) is 4.79 Å². The fraction of sp³-hybridized carbons (Fsp3) is 0.375. The van der Waals surface area contributed by atoms with E-state index in [0.29, 0.717) is 24.6 Å². The zero-order valence-corrected chi connectivity index (χ0v) is 12.6. The predicted octanol–water partition coefficient (Wildman–Crippen LogP) is 2.85. The summed E-state index contributed by atoms with van der Waals surface area (Å²) >= 11 is 0. The number of aromatic nitrogens is 2. The number of rotatable bonds is 6. The maximum atomic E-state index is 11.7. The van der Waals surface area contributed by atoms with Crippen LogP contribution in [0, 0.1) is 6.92 Å². The fourth-order valence-electron chi connectivity index (χ4n) is 2.51. The van der Waals surface area contributed by atoms with Crippen molar-refractivity contribution in [3.05, 3.63) is 41.7 Å². The van der Waals surface area contributed by atoms with Crippen molar-refractivity contribution >= 4 is 5.97 Å². The highest BCUT2D eigenvalue weighted by molar-refractivity contribution is 5.75. The lowest BCUT2D eigenvalue weighted by molar-refractivity contribution is -0.143. The Labute approximate surface area is 124 Å². The first-order valence-corrected chi connectivity index (χ1v) is 7.17. The number of carbonyl (C=O) groups is 1. The molecule has 0 bridgehead atoms. The lowest BCUT2D eigenvalue weighted by Crippen LogP contribution is -2.34. The molecule has 1 unspecified atom stereocenters. The average molecular weight is 287 g/mol. The van der Waals surface area contributed by atoms with Crippen LogP contribution in [0.3, 0.4) is 0 Å². The molecule has 0 aliphatic heterocycles. The van der Waals surface area contributed by atoms with Crippen LogP contribution in [-0.4, -0.2) is 39.0 Å². The van der Waals surface area contributed by atoms with E-state index in [2.05, 4.69) is 9.97 Å². The van der Waals surface area contributed by atoms with Crippen molar-refractivity contribution in [1.82, 2.24) is 14.9 Å². The molecule has 2 N–H and O–H groups in total. The Kier molecular flexibility index (Phi) is 4.75. The van der Waals surface area contributed by atoms with Gasteiger partial charge in [0.25, 0.3) is 0 Å². The minimum atomic E-state index is -0.868. The number of carboxylic acid groups (broad SMARTS) is 1. The molecule has 5 nitrogen and oxygen atoms in total. The molecule has 5 heteroatoms. The minimum Gasteiger partial charge on any atom is -0.480 e. The minimum absolute atomic E-state index is 0.588. The summed E-state index contributed by atoms with van der Waals surface area (Å²) in [6, 6.07) is 9.01. The molecule has 21 heavy (non-hydrogen) atoms. The highest BCUT2D eigenvalue weighted by atomic mass is 16.4. The number of benzene rings is 1. The molecule has 0 aliphatic carbocycles. The molecule has 2 aromatic rings. The maximum absolute atomic E-state index is 11.7. The number of H-pyrrole nitrogens is 1. The fourth-order valence-corrected chi connectivity index (χ4v) is 2.51. The van der Waals surface area contributed by atoms with Gasteiger partial charge in [-0.25, -0.2) is 4.98 Å². The number of carboxylic acids is 1. The number of aryl methyl sites for hydroxylation is 1. The van der Waals surface area contributed by atoms with E-state index in [0.717, 1.165) is 11.3 Å². The largest absolute Gasteiger partial charge is 0.480 e. The van der Waals surface area contributed by atoms with Crippen molar-refractivity contribution in [2.45, 2.75) is 26.8 Å². The third-order valence-corrected chi connectivity index (χ3v) is 3.64. The van der Waals surface area contributed by atoms with Crippen LogP contribution < -0.4 is 0 Å². The lowest BCUT2D eigenvalue weighted by Gasteiger charge is -2.25. The molecule has 0 amide bonds. The van der Waals surface area contributed by atoms with Crippen LogP contribution in [0.2, 0.25) is 0 Å². The smallest absolute Gasteiger partial charge is 0.327 e. The number of likely N-dealkylation sites (N-methyl/N-ethyl adjacent to an activating group) is 1. The Morgan fingerprint density at radius 1 is 1.29 bits per heavy atom. The summed E-state index contributed by atoms with van der Waals surface area (Å²) in [4.78, 5) is 21.3. The van der Waals surface area contributed by atoms with E-state index in [-0.39, 0.29) is 0 Å². The quantitative estimate of drug-likeness (QED) is 0.857. The lowest BCUT2D eigenvalue weighted by atomic mass is 10.1. The van der Waals surface area contributed by atoms with Gasteiger partial charge < -0.3 is 10.1 Å². The van der Waals surface area contributed by atoms with Gasteiger partial charge in [0, 0.05) is 11.3 Å². The first-order valence-electron chi connectivity index (χ1n) is 7.17. The van der Waals surface area contributed by atoms with Crippen molar-refractivity contribution < 1.29 is 9.90 Å². The van der Waals surface area contributed by atoms with Crippen molar-refractivity contribution in [3.63, 3.8) is 0 Å². The molecule has 2 rings (SSSR count). The van der Waals surface area contributed by atoms with Crippen molar-refractivity contribution in [3.8, 4) is 11.4 Å². The molecule has 1 heterocycles. The second kappa shape index (κ2) is 6.54. The summed E-state index contributed by atoms with van der Waals surface area (Å²) in [6.07, 6.45) is 0. The third kappa shape index (κ3) is 3.13. The van der Waals surface area contributed by atoms with Gasteiger partial charge in [0.1, 0.15) is 5.82 Å². The van der Waals surface area contributed by atoms with Crippen molar-refractivity contribution in [1.29, 1.82) is 0 Å². The summed E-state index contributed by atoms with van der Waals surface area (Å²) in [6.45, 7) is 7.12. The highest BCUT2D eigenvalue weighted by Crippen LogP contribution is 2.26. The first-order chi connectivity index (χ1) is 10.1. The van der Waals surface area contributed by atoms with Gasteiger partial charge in [-0.05, 0) is 20.0 Å². The first kappa shape index (κ1) is 15.3. The van der Waals surface area contributed by atoms with E-state index < -0.39 is 12.0 Å². The molecule has 0 aliphatic rings. The Morgan fingerprint density at radius 3 is 2.43 bits per heavy atom. The summed E-state index contributed by atoms with van der Waals surface area (Å²) in [5.41, 5.74) is 2.34. The van der Waals surface area contributed by atoms with Gasteiger partial charge in [-0.3, -0.25) is 9.69 Å². The SMILES string of the molecule is CCN(CC)C(C(=O)O)c1nc(-c2ccccc2)[nH]c1C. The predicted molar refractivity (Wildman–Crippen MR) is 82.1 cm³/mol. The van der Waals surface area contributed by atoms with Crippen LogP contribution in [0.5, 0.6) is 0 Å². The van der Waals surface area contributed by atoms with E-state index >= 15 is 0 Å². The van der Waals surface area contributed by atoms with Gasteiger partial charge in [-0.15, -0.1) is 0 Å². The number of hydrogen-bond donors (Lipinski definition) is 2. The average Bonchev–Trinajstić information content (AvgIpc) is 2.86. The molecule has 112 valence electrons. The van der Waals surface area contributed by atoms with Crippen LogP contribution in [0.15, 0.2) is 30.3 Å². The molecule has 0 spiro atoms. The van der Waals surface area contributed by atoms with E-state index in [9.17, 15) is 9.90 Å². The van der Waals surface area contributed by atoms with Crippen LogP contribution in [0.25, 0.3) is 11.4 Å². The van der Waals surface area contributed by atoms with Gasteiger partial charge >= 0.3 is 5.97 Å². The normalized spacial score (nSPS) is 12.6. The standard InChI is InChI=1S/C16H21N3O2/c1-4-19(5-2)14(16(20)21)13-11(3)17-15(18-13)12-9-7-6-8-10-12/h6-10,14H,4-5H2,1-3H3,(H,17,18)(H,20,21). The van der Waals surface area contributed by atoms with Crippen molar-refractivity contribution in [2.24, 2.45) is 0 Å². The topological polar surface area (TPSA) is 69.2 Å². The molecule has 1 atom stereocenters. The molecule has 0 fully saturated rings. The number of aromatic amines is 1. The Morgan fingerprint density at radius 2 is 1.90 bits per heavy atom. The van der Waals surface area contributed by atoms with E-state index in [1.807, 2.05) is 56.0 Å². The summed E-state index contributed by atoms with van der Waals surface area (Å²) in [7, 11) is 0. The monoisotopic (exact) mass is 287 g/mol. The number of hydrogen-bond acceptors (Lipinski definition) is 3. The molecule has 0 saturated carbocycles. The zero-order valence-electron chi connectivity index (χ0n) is 12.6. The second-order valence-corrected chi connectivity index (χ2v) is 4.92. The van der Waals surface area contributed by atoms with Gasteiger partial charge in [0.15, 0.2) is 6.04 Å². The van der Waals surface area contributed by atoms with E-state index in [1.165, 1.54) is 0 Å². The van der Waals surface area contributed by atoms with E-state index in [1.54, 1.807) is 0 Å². The van der Waals surface area contributed by atoms with Crippen LogP contribution in [0.4, 0.5) is 0 Å². The summed E-state index contributed by atoms with van der Waals surface area (Å²) < 4.78 is 0. The maximum Gasteiger partial charge on any atom is 0.327 e. The second-order valence-electron chi connectivity index (χ2n) is 4.92. The van der Waals surface area contributed by atoms with Crippen LogP contribution >= 0.6 is 0 Å². The molecular weight excluding hydrogens is 266 g/mol. The van der Waals surface area contributed by atoms with Crippen molar-refractivity contribution in [2.75, 3.05) is 13.1 Å². The molecular formula is C16H21N3O2. The Balaban J connectivity index is 2.43. The third-order valence-electron chi connectivity index (χ3n) is 3.64. The zero-order chi connectivity index (χ0) is 15.4.